The largest absolute Gasteiger partial charge is 0.508 e. The Labute approximate surface area is 134 Å². The van der Waals surface area contributed by atoms with E-state index in [1.807, 2.05) is 37.2 Å². The van der Waals surface area contributed by atoms with Crippen LogP contribution in [0.5, 0.6) is 5.75 Å². The molecular weight excluding hydrogens is 292 g/mol. The van der Waals surface area contributed by atoms with Crippen molar-refractivity contribution in [1.29, 1.82) is 0 Å². The first-order chi connectivity index (χ1) is 10.6. The van der Waals surface area contributed by atoms with Crippen LogP contribution >= 0.6 is 11.3 Å². The fraction of sp³-hybridized carbons (Fsp3) is 0.167. The summed E-state index contributed by atoms with van der Waals surface area (Å²) in [5.41, 5.74) is 3.31. The molecule has 1 heterocycles. The van der Waals surface area contributed by atoms with E-state index in [1.165, 1.54) is 10.4 Å². The molecule has 1 aromatic heterocycles. The predicted octanol–water partition coefficient (Wildman–Crippen LogP) is 4.17. The molecule has 3 rings (SSSR count). The molecule has 0 fully saturated rings. The zero-order chi connectivity index (χ0) is 15.5. The number of benzene rings is 2. The quantitative estimate of drug-likeness (QED) is 0.785. The number of phenolic OH excluding ortho intramolecular Hbond substituents is 1. The van der Waals surface area contributed by atoms with Gasteiger partial charge in [0.15, 0.2) is 5.13 Å². The van der Waals surface area contributed by atoms with Crippen LogP contribution in [0.25, 0.3) is 11.3 Å². The molecule has 0 unspecified atom stereocenters. The normalized spacial score (nSPS) is 10.6. The second-order valence-corrected chi connectivity index (χ2v) is 6.43. The Morgan fingerprint density at radius 2 is 1.68 bits per heavy atom. The number of hydrogen-bond acceptors (Lipinski definition) is 4. The lowest BCUT2D eigenvalue weighted by molar-refractivity contribution is 0.475. The minimum atomic E-state index is 0.274. The van der Waals surface area contributed by atoms with Crippen molar-refractivity contribution in [2.24, 2.45) is 0 Å². The molecule has 0 saturated carbocycles. The molecule has 3 nitrogen and oxygen atoms in total. The number of phenols is 1. The van der Waals surface area contributed by atoms with Crippen LogP contribution in [0, 0.1) is 0 Å². The third-order valence-electron chi connectivity index (χ3n) is 3.42. The molecule has 3 aromatic rings. The lowest BCUT2D eigenvalue weighted by atomic mass is 10.1. The van der Waals surface area contributed by atoms with Crippen LogP contribution in [0.4, 0.5) is 5.13 Å². The number of aromatic nitrogens is 1. The van der Waals surface area contributed by atoms with Gasteiger partial charge in [-0.3, -0.25) is 0 Å². The minimum Gasteiger partial charge on any atom is -0.508 e. The van der Waals surface area contributed by atoms with Gasteiger partial charge < -0.3 is 10.0 Å². The SMILES string of the molecule is CN(C)c1nc(-c2ccc(O)cc2)c(Cc2ccccc2)s1. The molecular formula is C18H18N2OS. The minimum absolute atomic E-state index is 0.274. The van der Waals surface area contributed by atoms with E-state index in [2.05, 4.69) is 24.3 Å². The van der Waals surface area contributed by atoms with Crippen LogP contribution < -0.4 is 4.90 Å². The number of aromatic hydroxyl groups is 1. The summed E-state index contributed by atoms with van der Waals surface area (Å²) in [6.45, 7) is 0. The van der Waals surface area contributed by atoms with Gasteiger partial charge in [0.25, 0.3) is 0 Å². The third kappa shape index (κ3) is 3.12. The highest BCUT2D eigenvalue weighted by atomic mass is 32.1. The number of hydrogen-bond donors (Lipinski definition) is 1. The maximum Gasteiger partial charge on any atom is 0.185 e. The van der Waals surface area contributed by atoms with Gasteiger partial charge in [-0.15, -0.1) is 11.3 Å². The second kappa shape index (κ2) is 6.20. The van der Waals surface area contributed by atoms with Crippen molar-refractivity contribution in [2.45, 2.75) is 6.42 Å². The van der Waals surface area contributed by atoms with Gasteiger partial charge in [0.2, 0.25) is 0 Å². The summed E-state index contributed by atoms with van der Waals surface area (Å²) < 4.78 is 0. The van der Waals surface area contributed by atoms with Crippen LogP contribution in [-0.4, -0.2) is 24.2 Å². The zero-order valence-corrected chi connectivity index (χ0v) is 13.5. The van der Waals surface area contributed by atoms with Crippen LogP contribution in [0.2, 0.25) is 0 Å². The van der Waals surface area contributed by atoms with Crippen LogP contribution in [0.15, 0.2) is 54.6 Å². The molecule has 0 aliphatic rings. The Hall–Kier alpha value is -2.33. The van der Waals surface area contributed by atoms with E-state index in [0.29, 0.717) is 0 Å². The molecule has 0 atom stereocenters. The van der Waals surface area contributed by atoms with Gasteiger partial charge in [0.1, 0.15) is 5.75 Å². The highest BCUT2D eigenvalue weighted by molar-refractivity contribution is 7.16. The lowest BCUT2D eigenvalue weighted by Gasteiger charge is -2.05. The van der Waals surface area contributed by atoms with Gasteiger partial charge in [-0.2, -0.15) is 0 Å². The monoisotopic (exact) mass is 310 g/mol. The molecule has 0 aliphatic heterocycles. The molecule has 4 heteroatoms. The van der Waals surface area contributed by atoms with Crippen molar-refractivity contribution in [2.75, 3.05) is 19.0 Å². The molecule has 1 N–H and O–H groups in total. The van der Waals surface area contributed by atoms with Gasteiger partial charge in [-0.1, -0.05) is 30.3 Å². The first-order valence-corrected chi connectivity index (χ1v) is 7.95. The Kier molecular flexibility index (Phi) is 4.11. The van der Waals surface area contributed by atoms with Crippen molar-refractivity contribution in [3.05, 3.63) is 65.0 Å². The predicted molar refractivity (Wildman–Crippen MR) is 92.8 cm³/mol. The number of anilines is 1. The maximum atomic E-state index is 9.48. The molecule has 22 heavy (non-hydrogen) atoms. The first-order valence-electron chi connectivity index (χ1n) is 7.14. The van der Waals surface area contributed by atoms with Gasteiger partial charge in [0.05, 0.1) is 5.69 Å². The Balaban J connectivity index is 2.02. The van der Waals surface area contributed by atoms with E-state index in [0.717, 1.165) is 22.8 Å². The fourth-order valence-electron chi connectivity index (χ4n) is 2.28. The number of rotatable bonds is 4. The molecule has 2 aromatic carbocycles. The molecule has 0 radical (unpaired) electrons. The summed E-state index contributed by atoms with van der Waals surface area (Å²) in [6.07, 6.45) is 0.864. The Bertz CT molecular complexity index is 749. The molecule has 0 bridgehead atoms. The maximum absolute atomic E-state index is 9.48. The van der Waals surface area contributed by atoms with Crippen LogP contribution in [-0.2, 0) is 6.42 Å². The zero-order valence-electron chi connectivity index (χ0n) is 12.7. The van der Waals surface area contributed by atoms with E-state index >= 15 is 0 Å². The summed E-state index contributed by atoms with van der Waals surface area (Å²) in [5.74, 6) is 0.274. The highest BCUT2D eigenvalue weighted by Gasteiger charge is 2.14. The van der Waals surface area contributed by atoms with Gasteiger partial charge >= 0.3 is 0 Å². The average molecular weight is 310 g/mol. The van der Waals surface area contributed by atoms with E-state index in [9.17, 15) is 5.11 Å². The van der Waals surface area contributed by atoms with Crippen molar-refractivity contribution in [3.8, 4) is 17.0 Å². The summed E-state index contributed by atoms with van der Waals surface area (Å²) >= 11 is 1.71. The fourth-order valence-corrected chi connectivity index (χ4v) is 3.32. The molecule has 0 amide bonds. The lowest BCUT2D eigenvalue weighted by Crippen LogP contribution is -2.07. The van der Waals surface area contributed by atoms with Crippen LogP contribution in [0.3, 0.4) is 0 Å². The van der Waals surface area contributed by atoms with E-state index < -0.39 is 0 Å². The van der Waals surface area contributed by atoms with Gasteiger partial charge in [-0.05, 0) is 29.8 Å². The highest BCUT2D eigenvalue weighted by Crippen LogP contribution is 2.34. The van der Waals surface area contributed by atoms with Crippen LogP contribution in [0.1, 0.15) is 10.4 Å². The smallest absolute Gasteiger partial charge is 0.185 e. The topological polar surface area (TPSA) is 36.4 Å². The molecule has 0 spiro atoms. The number of thiazole rings is 1. The Morgan fingerprint density at radius 1 is 1.00 bits per heavy atom. The van der Waals surface area contributed by atoms with Crippen molar-refractivity contribution >= 4 is 16.5 Å². The number of nitrogens with zero attached hydrogens (tertiary/aromatic N) is 2. The summed E-state index contributed by atoms with van der Waals surface area (Å²) in [4.78, 5) is 8.04. The molecule has 0 aliphatic carbocycles. The van der Waals surface area contributed by atoms with E-state index in [-0.39, 0.29) is 5.75 Å². The standard InChI is InChI=1S/C18H18N2OS/c1-20(2)18-19-17(14-8-10-15(21)11-9-14)16(22-18)12-13-6-4-3-5-7-13/h3-11,21H,12H2,1-2H3. The second-order valence-electron chi connectivity index (χ2n) is 5.37. The van der Waals surface area contributed by atoms with Crippen molar-refractivity contribution in [1.82, 2.24) is 4.98 Å². The summed E-state index contributed by atoms with van der Waals surface area (Å²) in [5, 5.41) is 10.5. The van der Waals surface area contributed by atoms with Crippen molar-refractivity contribution < 1.29 is 5.11 Å². The average Bonchev–Trinajstić information content (AvgIpc) is 2.93. The summed E-state index contributed by atoms with van der Waals surface area (Å²) in [7, 11) is 4.01. The first kappa shape index (κ1) is 14.6. The molecule has 112 valence electrons. The van der Waals surface area contributed by atoms with E-state index in [1.54, 1.807) is 23.5 Å². The Morgan fingerprint density at radius 3 is 2.32 bits per heavy atom. The van der Waals surface area contributed by atoms with E-state index in [4.69, 9.17) is 4.98 Å². The third-order valence-corrected chi connectivity index (χ3v) is 4.64. The summed E-state index contributed by atoms with van der Waals surface area (Å²) in [6, 6.07) is 17.7. The van der Waals surface area contributed by atoms with Gasteiger partial charge in [0, 0.05) is 31.0 Å². The van der Waals surface area contributed by atoms with Crippen molar-refractivity contribution in [3.63, 3.8) is 0 Å². The van der Waals surface area contributed by atoms with Gasteiger partial charge in [-0.25, -0.2) is 4.98 Å². The molecule has 0 saturated heterocycles.